The highest BCUT2D eigenvalue weighted by Gasteiger charge is 2.28. The number of hydrogen-bond donors (Lipinski definition) is 2. The first kappa shape index (κ1) is 36.1. The highest BCUT2D eigenvalue weighted by Crippen LogP contribution is 2.27. The largest absolute Gasteiger partial charge is 0.427 e. The molecule has 0 radical (unpaired) electrons. The van der Waals surface area contributed by atoms with Gasteiger partial charge in [-0.1, -0.05) is 69.6 Å². The first-order valence-corrected chi connectivity index (χ1v) is 15.8. The standard InChI is InChI=1S/C18H12Cl6N4O14S2/c19-17(20,21)3-41-43(35,36)25-15(33)39-5-27-11(29)7-1-8-10(2-9(7)13(27)31)14(32)28(12(8)30)6-40-16(34)26-44(37,38)42-4-18(22,23)24/h1-2H,3-6H2,(H,25,33)(H,26,34). The van der Waals surface area contributed by atoms with Crippen LogP contribution in [0.4, 0.5) is 9.59 Å². The summed E-state index contributed by atoms with van der Waals surface area (Å²) in [6.45, 7) is -4.19. The van der Waals surface area contributed by atoms with Crippen molar-refractivity contribution in [2.45, 2.75) is 21.0 Å². The van der Waals surface area contributed by atoms with Gasteiger partial charge in [0.1, 0.15) is 13.2 Å². The van der Waals surface area contributed by atoms with E-state index < -0.39 is 111 Å². The zero-order valence-electron chi connectivity index (χ0n) is 20.7. The zero-order chi connectivity index (χ0) is 33.4. The maximum Gasteiger partial charge on any atom is 0.424 e. The number of halogens is 6. The van der Waals surface area contributed by atoms with Crippen LogP contribution in [0.5, 0.6) is 0 Å². The van der Waals surface area contributed by atoms with E-state index in [9.17, 15) is 45.6 Å². The van der Waals surface area contributed by atoms with Gasteiger partial charge in [0.15, 0.2) is 13.5 Å². The molecule has 2 N–H and O–H groups in total. The van der Waals surface area contributed by atoms with E-state index in [1.807, 2.05) is 0 Å². The fraction of sp³-hybridized carbons (Fsp3) is 0.333. The molecule has 3 rings (SSSR count). The van der Waals surface area contributed by atoms with Crippen LogP contribution in [0.2, 0.25) is 0 Å². The Balaban J connectivity index is 1.78. The van der Waals surface area contributed by atoms with Gasteiger partial charge in [-0.05, 0) is 12.1 Å². The Labute approximate surface area is 273 Å². The Bertz CT molecular complexity index is 1840. The summed E-state index contributed by atoms with van der Waals surface area (Å²) in [7, 11) is -9.65. The molecule has 0 atom stereocenters. The van der Waals surface area contributed by atoms with Gasteiger partial charge in [0.05, 0.1) is 21.5 Å². The Morgan fingerprint density at radius 3 is 1.14 bits per heavy atom. The minimum Gasteiger partial charge on any atom is -0.427 e. The predicted octanol–water partition coefficient (Wildman–Crippen LogP) is 0.543. The summed E-state index contributed by atoms with van der Waals surface area (Å²) in [5, 5.41) is -1.63. The SMILES string of the molecule is O=C(NS(=O)(=O)OCC(Cl)(Cl)Cl)OCn1c(=O)c2cc3c(=O)n(COC(=O)NS(=O)(=O)OCC(Cl)(Cl)Cl)c(=O)c3cc2c1=O. The molecule has 0 aliphatic carbocycles. The molecular weight excluding hydrogens is 773 g/mol. The average Bonchev–Trinajstić information content (AvgIpc) is 3.25. The van der Waals surface area contributed by atoms with Crippen LogP contribution in [0.1, 0.15) is 0 Å². The van der Waals surface area contributed by atoms with Crippen LogP contribution in [0, 0.1) is 0 Å². The highest BCUT2D eigenvalue weighted by molar-refractivity contribution is 7.85. The molecule has 1 aromatic carbocycles. The van der Waals surface area contributed by atoms with Crippen molar-refractivity contribution in [3.8, 4) is 0 Å². The van der Waals surface area contributed by atoms with Crippen molar-refractivity contribution < 1.29 is 44.3 Å². The molecule has 3 aromatic rings. The van der Waals surface area contributed by atoms with Gasteiger partial charge >= 0.3 is 32.8 Å². The lowest BCUT2D eigenvalue weighted by Gasteiger charge is -2.11. The van der Waals surface area contributed by atoms with E-state index in [0.29, 0.717) is 9.13 Å². The van der Waals surface area contributed by atoms with Crippen LogP contribution < -0.4 is 31.7 Å². The fourth-order valence-electron chi connectivity index (χ4n) is 3.17. The van der Waals surface area contributed by atoms with E-state index in [0.717, 1.165) is 12.1 Å². The molecule has 0 saturated carbocycles. The first-order valence-electron chi connectivity index (χ1n) is 10.7. The molecule has 18 nitrogen and oxygen atoms in total. The van der Waals surface area contributed by atoms with Crippen LogP contribution in [0.3, 0.4) is 0 Å². The van der Waals surface area contributed by atoms with Gasteiger partial charge in [0.25, 0.3) is 22.2 Å². The summed E-state index contributed by atoms with van der Waals surface area (Å²) in [6.07, 6.45) is -3.38. The third-order valence-corrected chi connectivity index (χ3v) is 7.23. The maximum absolute atomic E-state index is 12.8. The lowest BCUT2D eigenvalue weighted by molar-refractivity contribution is 0.115. The Morgan fingerprint density at radius 2 is 0.886 bits per heavy atom. The molecule has 0 spiro atoms. The number of benzene rings is 1. The summed E-state index contributed by atoms with van der Waals surface area (Å²) < 4.78 is 63.3. The van der Waals surface area contributed by atoms with Crippen LogP contribution in [0.15, 0.2) is 31.3 Å². The number of nitrogens with zero attached hydrogens (tertiary/aromatic N) is 2. The third-order valence-electron chi connectivity index (χ3n) is 4.88. The van der Waals surface area contributed by atoms with Crippen molar-refractivity contribution in [1.29, 1.82) is 0 Å². The molecule has 0 unspecified atom stereocenters. The first-order chi connectivity index (χ1) is 20.0. The van der Waals surface area contributed by atoms with Crippen molar-refractivity contribution >= 4 is 124 Å². The molecule has 44 heavy (non-hydrogen) atoms. The molecule has 0 aliphatic rings. The van der Waals surface area contributed by atoms with E-state index >= 15 is 0 Å². The monoisotopic (exact) mass is 782 g/mol. The molecule has 242 valence electrons. The molecule has 0 saturated heterocycles. The summed E-state index contributed by atoms with van der Waals surface area (Å²) in [5.41, 5.74) is -4.42. The minimum atomic E-state index is -4.82. The summed E-state index contributed by atoms with van der Waals surface area (Å²) >= 11 is 32.1. The molecular formula is C18H12Cl6N4O14S2. The van der Waals surface area contributed by atoms with E-state index in [4.69, 9.17) is 69.6 Å². The van der Waals surface area contributed by atoms with Crippen molar-refractivity contribution in [3.05, 3.63) is 53.5 Å². The smallest absolute Gasteiger partial charge is 0.424 e. The number of amides is 2. The van der Waals surface area contributed by atoms with E-state index in [2.05, 4.69) is 17.8 Å². The molecule has 26 heteroatoms. The second kappa shape index (κ2) is 13.1. The zero-order valence-corrected chi connectivity index (χ0v) is 26.8. The van der Waals surface area contributed by atoms with Crippen LogP contribution in [0.25, 0.3) is 21.5 Å². The maximum atomic E-state index is 12.8. The second-order valence-corrected chi connectivity index (χ2v) is 15.7. The number of alkyl halides is 6. The lowest BCUT2D eigenvalue weighted by Crippen LogP contribution is -2.36. The molecule has 2 amide bonds. The van der Waals surface area contributed by atoms with Gasteiger partial charge in [0, 0.05) is 0 Å². The predicted molar refractivity (Wildman–Crippen MR) is 154 cm³/mol. The summed E-state index contributed by atoms with van der Waals surface area (Å²) in [6, 6.07) is 1.74. The Morgan fingerprint density at radius 1 is 0.614 bits per heavy atom. The molecule has 0 aliphatic heterocycles. The van der Waals surface area contributed by atoms with Gasteiger partial charge < -0.3 is 9.47 Å². The summed E-state index contributed by atoms with van der Waals surface area (Å²) in [5.74, 6) is 0. The third kappa shape index (κ3) is 9.31. The van der Waals surface area contributed by atoms with Crippen molar-refractivity contribution in [1.82, 2.24) is 18.6 Å². The van der Waals surface area contributed by atoms with Crippen molar-refractivity contribution in [2.24, 2.45) is 0 Å². The number of ether oxygens (including phenoxy) is 2. The van der Waals surface area contributed by atoms with Crippen LogP contribution >= 0.6 is 69.6 Å². The molecule has 2 heterocycles. The minimum absolute atomic E-state index is 0.347. The molecule has 0 fully saturated rings. The van der Waals surface area contributed by atoms with E-state index in [1.165, 1.54) is 9.44 Å². The average molecular weight is 785 g/mol. The van der Waals surface area contributed by atoms with Gasteiger partial charge in [-0.15, -0.1) is 0 Å². The van der Waals surface area contributed by atoms with E-state index in [1.54, 1.807) is 0 Å². The number of aromatic nitrogens is 2. The number of rotatable bonds is 10. The molecule has 2 aromatic heterocycles. The lowest BCUT2D eigenvalue weighted by atomic mass is 10.1. The summed E-state index contributed by atoms with van der Waals surface area (Å²) in [4.78, 5) is 74.8. The fourth-order valence-corrected chi connectivity index (χ4v) is 5.19. The number of carbonyl (C=O) groups excluding carboxylic acids is 2. The normalized spacial score (nSPS) is 12.9. The van der Waals surface area contributed by atoms with Crippen LogP contribution in [-0.2, 0) is 51.9 Å². The quantitative estimate of drug-likeness (QED) is 0.267. The Kier molecular flexibility index (Phi) is 10.8. The number of carbonyl (C=O) groups is 2. The van der Waals surface area contributed by atoms with Gasteiger partial charge in [-0.25, -0.2) is 27.1 Å². The highest BCUT2D eigenvalue weighted by atomic mass is 35.6. The van der Waals surface area contributed by atoms with Gasteiger partial charge in [0.2, 0.25) is 7.59 Å². The number of fused-ring (bicyclic) bond motifs is 2. The number of nitrogens with one attached hydrogen (secondary N) is 2. The van der Waals surface area contributed by atoms with Crippen molar-refractivity contribution in [2.75, 3.05) is 13.2 Å². The molecule has 0 bridgehead atoms. The van der Waals surface area contributed by atoms with Gasteiger partial charge in [-0.2, -0.15) is 26.3 Å². The topological polar surface area (TPSA) is 242 Å². The van der Waals surface area contributed by atoms with Crippen LogP contribution in [-0.4, -0.2) is 59.0 Å². The Hall–Kier alpha value is -2.40. The van der Waals surface area contributed by atoms with Crippen molar-refractivity contribution in [3.63, 3.8) is 0 Å². The second-order valence-electron chi connectivity index (χ2n) is 8.01. The van der Waals surface area contributed by atoms with Gasteiger partial charge in [-0.3, -0.25) is 19.2 Å². The van der Waals surface area contributed by atoms with E-state index in [-0.39, 0.29) is 0 Å². The number of hydrogen-bond acceptors (Lipinski definition) is 14.